The van der Waals surface area contributed by atoms with Gasteiger partial charge in [0.05, 0.1) is 5.75 Å². The van der Waals surface area contributed by atoms with E-state index in [1.165, 1.54) is 34.6 Å². The highest BCUT2D eigenvalue weighted by Crippen LogP contribution is 2.23. The Morgan fingerprint density at radius 3 is 2.74 bits per heavy atom. The summed E-state index contributed by atoms with van der Waals surface area (Å²) in [6, 6.07) is 0.0771. The van der Waals surface area contributed by atoms with Crippen LogP contribution in [-0.4, -0.2) is 57.4 Å². The first-order valence-corrected chi connectivity index (χ1v) is 9.48. The van der Waals surface area contributed by atoms with Crippen molar-refractivity contribution in [3.63, 3.8) is 0 Å². The third-order valence-corrected chi connectivity index (χ3v) is 5.38. The molecule has 1 saturated heterocycles. The number of hydroxylamine groups is 1. The molecule has 0 aromatic rings. The monoisotopic (exact) mass is 360 g/mol. The van der Waals surface area contributed by atoms with Gasteiger partial charge in [-0.2, -0.15) is 0 Å². The summed E-state index contributed by atoms with van der Waals surface area (Å²) in [7, 11) is 1.69. The summed E-state index contributed by atoms with van der Waals surface area (Å²) in [4.78, 5) is 30.5. The van der Waals surface area contributed by atoms with Crippen LogP contribution in [0.4, 0.5) is 4.79 Å². The Bertz CT molecular complexity index is 467. The van der Waals surface area contributed by atoms with Gasteiger partial charge in [-0.3, -0.25) is 4.79 Å². The topological polar surface area (TPSA) is 65.1 Å². The first kappa shape index (κ1) is 18.3. The van der Waals surface area contributed by atoms with Crippen LogP contribution in [0.3, 0.4) is 0 Å². The van der Waals surface area contributed by atoms with E-state index in [-0.39, 0.29) is 11.9 Å². The number of carbonyl (C=O) groups excluding carboxylic acids is 2. The van der Waals surface area contributed by atoms with Gasteiger partial charge in [-0.25, -0.2) is 18.9 Å². The Hall–Kier alpha value is -1.06. The van der Waals surface area contributed by atoms with Gasteiger partial charge >= 0.3 is 6.09 Å². The molecule has 0 unspecified atom stereocenters. The van der Waals surface area contributed by atoms with E-state index >= 15 is 0 Å². The number of hydrogen-bond acceptors (Lipinski definition) is 7. The number of thioether (sulfide) groups is 1. The maximum atomic E-state index is 12.0. The van der Waals surface area contributed by atoms with Gasteiger partial charge in [-0.05, 0) is 26.7 Å². The van der Waals surface area contributed by atoms with E-state index in [0.29, 0.717) is 10.8 Å². The SMILES string of the molecule is CC(C)N1C=C(NOC(=O)N(C)SN2CCCCC2)SCC1=O. The molecular formula is C14H24N4O3S2. The Kier molecular flexibility index (Phi) is 6.91. The molecule has 0 atom stereocenters. The van der Waals surface area contributed by atoms with E-state index in [1.807, 2.05) is 13.8 Å². The van der Waals surface area contributed by atoms with E-state index in [2.05, 4.69) is 9.79 Å². The summed E-state index contributed by atoms with van der Waals surface area (Å²) < 4.78 is 3.64. The highest BCUT2D eigenvalue weighted by molar-refractivity contribution is 8.03. The van der Waals surface area contributed by atoms with Crippen LogP contribution in [0.5, 0.6) is 0 Å². The van der Waals surface area contributed by atoms with Crippen molar-refractivity contribution in [2.24, 2.45) is 0 Å². The standard InChI is InChI=1S/C14H24N4O3S2/c1-11(2)18-9-12(22-10-13(18)19)15-21-14(20)16(3)23-17-7-5-4-6-8-17/h9,11,15H,4-8,10H2,1-3H3. The molecule has 0 aliphatic carbocycles. The lowest BCUT2D eigenvalue weighted by Crippen LogP contribution is -2.38. The van der Waals surface area contributed by atoms with Gasteiger partial charge in [-0.15, -0.1) is 0 Å². The van der Waals surface area contributed by atoms with Crippen LogP contribution in [0, 0.1) is 0 Å². The van der Waals surface area contributed by atoms with Gasteiger partial charge in [-0.1, -0.05) is 18.2 Å². The summed E-state index contributed by atoms with van der Waals surface area (Å²) in [6.45, 7) is 5.86. The average Bonchev–Trinajstić information content (AvgIpc) is 2.54. The highest BCUT2D eigenvalue weighted by Gasteiger charge is 2.23. The number of piperidine rings is 1. The molecule has 0 aromatic carbocycles. The first-order valence-electron chi connectivity index (χ1n) is 7.76. The second kappa shape index (κ2) is 8.70. The van der Waals surface area contributed by atoms with Crippen LogP contribution in [0.25, 0.3) is 0 Å². The number of amides is 2. The van der Waals surface area contributed by atoms with Crippen LogP contribution < -0.4 is 5.48 Å². The summed E-state index contributed by atoms with van der Waals surface area (Å²) >= 11 is 2.71. The number of nitrogens with one attached hydrogen (secondary N) is 1. The maximum Gasteiger partial charge on any atom is 0.444 e. The van der Waals surface area contributed by atoms with E-state index in [9.17, 15) is 9.59 Å². The Morgan fingerprint density at radius 2 is 2.09 bits per heavy atom. The lowest BCUT2D eigenvalue weighted by atomic mass is 10.2. The van der Waals surface area contributed by atoms with Gasteiger partial charge in [0.2, 0.25) is 5.91 Å². The summed E-state index contributed by atoms with van der Waals surface area (Å²) in [5, 5.41) is 0.656. The fraction of sp³-hybridized carbons (Fsp3) is 0.714. The molecule has 1 N–H and O–H groups in total. The molecule has 0 radical (unpaired) electrons. The van der Waals surface area contributed by atoms with E-state index in [4.69, 9.17) is 4.84 Å². The van der Waals surface area contributed by atoms with Crippen molar-refractivity contribution in [3.05, 3.63) is 11.2 Å². The smallest absolute Gasteiger partial charge is 0.323 e. The van der Waals surface area contributed by atoms with Crippen molar-refractivity contribution in [3.8, 4) is 0 Å². The molecule has 9 heteroatoms. The van der Waals surface area contributed by atoms with E-state index in [1.54, 1.807) is 18.1 Å². The van der Waals surface area contributed by atoms with Gasteiger partial charge in [0.15, 0.2) is 0 Å². The molecule has 2 heterocycles. The predicted molar refractivity (Wildman–Crippen MR) is 92.9 cm³/mol. The molecular weight excluding hydrogens is 336 g/mol. The lowest BCUT2D eigenvalue weighted by Gasteiger charge is -2.29. The Morgan fingerprint density at radius 1 is 1.39 bits per heavy atom. The van der Waals surface area contributed by atoms with Crippen LogP contribution >= 0.6 is 23.9 Å². The van der Waals surface area contributed by atoms with Crippen molar-refractivity contribution in [1.82, 2.24) is 19.0 Å². The van der Waals surface area contributed by atoms with Gasteiger partial charge in [0, 0.05) is 44.5 Å². The minimum absolute atomic E-state index is 0.0552. The zero-order chi connectivity index (χ0) is 16.8. The van der Waals surface area contributed by atoms with Crippen molar-refractivity contribution in [2.45, 2.75) is 39.2 Å². The molecule has 2 aliphatic heterocycles. The van der Waals surface area contributed by atoms with Crippen molar-refractivity contribution in [1.29, 1.82) is 0 Å². The lowest BCUT2D eigenvalue weighted by molar-refractivity contribution is -0.127. The van der Waals surface area contributed by atoms with Gasteiger partial charge < -0.3 is 9.74 Å². The summed E-state index contributed by atoms with van der Waals surface area (Å²) in [5.41, 5.74) is 2.65. The molecule has 0 saturated carbocycles. The van der Waals surface area contributed by atoms with Crippen LogP contribution in [0.1, 0.15) is 33.1 Å². The predicted octanol–water partition coefficient (Wildman–Crippen LogP) is 2.39. The molecule has 130 valence electrons. The zero-order valence-electron chi connectivity index (χ0n) is 13.8. The number of rotatable bonds is 5. The quantitative estimate of drug-likeness (QED) is 0.596. The molecule has 2 rings (SSSR count). The van der Waals surface area contributed by atoms with Crippen molar-refractivity contribution >= 4 is 35.9 Å². The summed E-state index contributed by atoms with van der Waals surface area (Å²) in [6.07, 6.45) is 4.80. The Balaban J connectivity index is 1.79. The molecule has 2 amide bonds. The molecule has 7 nitrogen and oxygen atoms in total. The third-order valence-electron chi connectivity index (χ3n) is 3.50. The second-order valence-corrected chi connectivity index (χ2v) is 7.96. The van der Waals surface area contributed by atoms with Crippen LogP contribution in [0.15, 0.2) is 11.2 Å². The molecule has 0 spiro atoms. The zero-order valence-corrected chi connectivity index (χ0v) is 15.4. The largest absolute Gasteiger partial charge is 0.444 e. The number of hydrogen-bond donors (Lipinski definition) is 1. The third kappa shape index (κ3) is 5.50. The minimum atomic E-state index is -0.463. The molecule has 1 fully saturated rings. The highest BCUT2D eigenvalue weighted by atomic mass is 32.2. The molecule has 23 heavy (non-hydrogen) atoms. The number of carbonyl (C=O) groups is 2. The van der Waals surface area contributed by atoms with Crippen molar-refractivity contribution in [2.75, 3.05) is 25.9 Å². The first-order chi connectivity index (χ1) is 11.0. The van der Waals surface area contributed by atoms with Gasteiger partial charge in [0.25, 0.3) is 0 Å². The second-order valence-electron chi connectivity index (χ2n) is 5.72. The van der Waals surface area contributed by atoms with Crippen LogP contribution in [0.2, 0.25) is 0 Å². The van der Waals surface area contributed by atoms with E-state index in [0.717, 1.165) is 25.9 Å². The minimum Gasteiger partial charge on any atom is -0.323 e. The molecule has 0 aromatic heterocycles. The van der Waals surface area contributed by atoms with Gasteiger partial charge in [0.1, 0.15) is 5.03 Å². The fourth-order valence-electron chi connectivity index (χ4n) is 2.25. The summed E-state index contributed by atoms with van der Waals surface area (Å²) in [5.74, 6) is 0.395. The van der Waals surface area contributed by atoms with Crippen molar-refractivity contribution < 1.29 is 14.4 Å². The number of nitrogens with zero attached hydrogens (tertiary/aromatic N) is 3. The normalized spacial score (nSPS) is 19.6. The average molecular weight is 361 g/mol. The maximum absolute atomic E-state index is 12.0. The molecule has 2 aliphatic rings. The fourth-order valence-corrected chi connectivity index (χ4v) is 3.84. The Labute approximate surface area is 146 Å². The van der Waals surface area contributed by atoms with Crippen LogP contribution in [-0.2, 0) is 9.63 Å². The van der Waals surface area contributed by atoms with E-state index < -0.39 is 6.09 Å². The molecule has 0 bridgehead atoms.